The van der Waals surface area contributed by atoms with E-state index in [1.165, 1.54) is 218 Å². The third kappa shape index (κ3) is 73.8. The minimum absolute atomic E-state index is 0.0855. The van der Waals surface area contributed by atoms with E-state index < -0.39 is 97.5 Å². The van der Waals surface area contributed by atoms with Crippen molar-refractivity contribution < 1.29 is 80.2 Å². The number of rotatable bonds is 79. The van der Waals surface area contributed by atoms with E-state index in [4.69, 9.17) is 37.0 Å². The van der Waals surface area contributed by atoms with Crippen LogP contribution in [0.15, 0.2) is 24.3 Å². The molecule has 0 spiro atoms. The van der Waals surface area contributed by atoms with E-state index in [9.17, 15) is 43.2 Å². The minimum Gasteiger partial charge on any atom is -0.462 e. The van der Waals surface area contributed by atoms with Gasteiger partial charge in [0.25, 0.3) is 0 Å². The zero-order valence-corrected chi connectivity index (χ0v) is 66.6. The zero-order chi connectivity index (χ0) is 73.4. The van der Waals surface area contributed by atoms with Crippen LogP contribution in [0.4, 0.5) is 0 Å². The molecule has 0 aliphatic rings. The number of phosphoric ester groups is 2. The van der Waals surface area contributed by atoms with E-state index in [2.05, 4.69) is 58.9 Å². The number of esters is 4. The van der Waals surface area contributed by atoms with Crippen molar-refractivity contribution in [2.24, 2.45) is 5.92 Å². The Morgan fingerprint density at radius 1 is 0.310 bits per heavy atom. The molecule has 3 N–H and O–H groups in total. The molecule has 590 valence electrons. The molecule has 100 heavy (non-hydrogen) atoms. The Labute approximate surface area is 612 Å². The molecule has 2 unspecified atom stereocenters. The highest BCUT2D eigenvalue weighted by molar-refractivity contribution is 7.47. The predicted molar refractivity (Wildman–Crippen MR) is 409 cm³/mol. The Balaban J connectivity index is 5.27. The van der Waals surface area contributed by atoms with Gasteiger partial charge in [-0.3, -0.25) is 37.3 Å². The van der Waals surface area contributed by atoms with Gasteiger partial charge in [-0.2, -0.15) is 0 Å². The van der Waals surface area contributed by atoms with Gasteiger partial charge in [-0.15, -0.1) is 0 Å². The number of aliphatic hydroxyl groups excluding tert-OH is 1. The average molecular weight is 1460 g/mol. The van der Waals surface area contributed by atoms with Crippen molar-refractivity contribution in [3.8, 4) is 0 Å². The van der Waals surface area contributed by atoms with Crippen LogP contribution in [-0.2, 0) is 65.4 Å². The molecule has 0 aliphatic carbocycles. The molecule has 5 atom stereocenters. The Bertz CT molecular complexity index is 2000. The van der Waals surface area contributed by atoms with E-state index in [0.717, 1.165) is 109 Å². The largest absolute Gasteiger partial charge is 0.472 e. The Kier molecular flexibility index (Phi) is 71.6. The summed E-state index contributed by atoms with van der Waals surface area (Å²) in [4.78, 5) is 73.0. The van der Waals surface area contributed by atoms with Crippen LogP contribution in [0.2, 0.25) is 0 Å². The lowest BCUT2D eigenvalue weighted by Gasteiger charge is -2.21. The summed E-state index contributed by atoms with van der Waals surface area (Å²) >= 11 is 0. The van der Waals surface area contributed by atoms with E-state index in [1.807, 2.05) is 0 Å². The molecule has 0 saturated heterocycles. The summed E-state index contributed by atoms with van der Waals surface area (Å²) in [5.74, 6) is -1.34. The summed E-state index contributed by atoms with van der Waals surface area (Å²) in [5, 5.41) is 10.6. The fraction of sp³-hybridized carbons (Fsp3) is 0.901. The molecule has 0 aliphatic heterocycles. The molecule has 0 rings (SSSR count). The van der Waals surface area contributed by atoms with E-state index in [-0.39, 0.29) is 25.7 Å². The van der Waals surface area contributed by atoms with Crippen LogP contribution < -0.4 is 0 Å². The molecule has 0 aromatic carbocycles. The first kappa shape index (κ1) is 97.5. The second kappa shape index (κ2) is 73.4. The van der Waals surface area contributed by atoms with Crippen molar-refractivity contribution in [2.75, 3.05) is 39.6 Å². The number of hydrogen-bond donors (Lipinski definition) is 3. The second-order valence-electron chi connectivity index (χ2n) is 29.0. The summed E-state index contributed by atoms with van der Waals surface area (Å²) in [6.45, 7) is 7.28. The molecule has 0 fully saturated rings. The number of carbonyl (C=O) groups is 4. The maximum Gasteiger partial charge on any atom is 0.472 e. The van der Waals surface area contributed by atoms with Gasteiger partial charge in [0.05, 0.1) is 26.4 Å². The molecule has 19 heteroatoms. The van der Waals surface area contributed by atoms with Gasteiger partial charge in [-0.05, 0) is 57.3 Å². The van der Waals surface area contributed by atoms with Gasteiger partial charge in [0.15, 0.2) is 12.2 Å². The highest BCUT2D eigenvalue weighted by atomic mass is 31.2. The maximum atomic E-state index is 13.1. The van der Waals surface area contributed by atoms with Gasteiger partial charge < -0.3 is 33.8 Å². The smallest absolute Gasteiger partial charge is 0.462 e. The number of hydrogen-bond acceptors (Lipinski definition) is 15. The van der Waals surface area contributed by atoms with Crippen LogP contribution in [-0.4, -0.2) is 96.7 Å². The Morgan fingerprint density at radius 2 is 0.540 bits per heavy atom. The predicted octanol–water partition coefficient (Wildman–Crippen LogP) is 24.0. The van der Waals surface area contributed by atoms with Crippen molar-refractivity contribution in [1.29, 1.82) is 0 Å². The van der Waals surface area contributed by atoms with Crippen LogP contribution in [0.5, 0.6) is 0 Å². The molecule has 0 bridgehead atoms. The topological polar surface area (TPSA) is 237 Å². The molecule has 0 radical (unpaired) electrons. The fourth-order valence-electron chi connectivity index (χ4n) is 12.0. The molecule has 17 nitrogen and oxygen atoms in total. The van der Waals surface area contributed by atoms with Gasteiger partial charge in [0.1, 0.15) is 19.3 Å². The van der Waals surface area contributed by atoms with Crippen molar-refractivity contribution in [2.45, 2.75) is 425 Å². The first-order valence-corrected chi connectivity index (χ1v) is 44.4. The van der Waals surface area contributed by atoms with Crippen molar-refractivity contribution in [3.63, 3.8) is 0 Å². The van der Waals surface area contributed by atoms with Gasteiger partial charge in [0.2, 0.25) is 0 Å². The number of aliphatic hydroxyl groups is 1. The van der Waals surface area contributed by atoms with Gasteiger partial charge in [-0.25, -0.2) is 9.13 Å². The third-order valence-corrected chi connectivity index (χ3v) is 20.3. The van der Waals surface area contributed by atoms with Gasteiger partial charge in [0, 0.05) is 25.7 Å². The normalized spacial score (nSPS) is 14.0. The van der Waals surface area contributed by atoms with Crippen molar-refractivity contribution >= 4 is 39.5 Å². The van der Waals surface area contributed by atoms with E-state index in [0.29, 0.717) is 25.7 Å². The summed E-state index contributed by atoms with van der Waals surface area (Å²) in [5.41, 5.74) is 0. The lowest BCUT2D eigenvalue weighted by atomic mass is 10.0. The van der Waals surface area contributed by atoms with Crippen LogP contribution in [0.3, 0.4) is 0 Å². The summed E-state index contributed by atoms with van der Waals surface area (Å²) in [6.07, 6.45) is 67.3. The number of carbonyl (C=O) groups excluding carboxylic acids is 4. The first-order valence-electron chi connectivity index (χ1n) is 41.5. The number of ether oxygens (including phenoxy) is 4. The molecule has 0 aromatic rings. The third-order valence-electron chi connectivity index (χ3n) is 18.4. The minimum atomic E-state index is -4.97. The quantitative estimate of drug-likeness (QED) is 0.0169. The standard InChI is InChI=1S/C81H154O17P2/c1-6-9-12-15-18-21-24-26-28-29-30-32-38-42-47-52-57-62-67-81(86)98-77(71-92-79(84)65-60-55-50-45-40-36-34-33-35-39-43-48-53-58-63-74(4)5)73-96-100(89,90)94-69-75(82)68-93-99(87,88)95-72-76(70-91-78(83)64-59-54-49-44-23-20-17-14-11-8-3)97-80(85)66-61-56-51-46-41-37-31-27-25-22-19-16-13-10-7-2/h22,25,27,31,74-77,82H,6-21,23-24,26,28-30,32-73H2,1-5H3,(H,87,88)(H,89,90)/b25-22-,31-27-/t75-,76+,77+/m0/s1. The van der Waals surface area contributed by atoms with E-state index >= 15 is 0 Å². The Hall–Kier alpha value is -2.46. The SMILES string of the molecule is CCCCCC/C=C\C=C/CCCCCCCC(=O)O[C@H](COC(=O)CCCCCCCCCCCC)COP(=O)(O)OC[C@H](O)COP(=O)(O)OC[C@@H](COC(=O)CCCCCCCCCCCCCCCCC(C)C)OC(=O)CCCCCCCCCCCCCCCCCCCC. The molecular weight excluding hydrogens is 1310 g/mol. The number of phosphoric acid groups is 2. The van der Waals surface area contributed by atoms with Crippen LogP contribution >= 0.6 is 15.6 Å². The second-order valence-corrected chi connectivity index (χ2v) is 31.9. The van der Waals surface area contributed by atoms with Crippen LogP contribution in [0, 0.1) is 5.92 Å². The fourth-order valence-corrected chi connectivity index (χ4v) is 13.6. The highest BCUT2D eigenvalue weighted by Gasteiger charge is 2.30. The lowest BCUT2D eigenvalue weighted by Crippen LogP contribution is -2.30. The molecule has 0 saturated carbocycles. The molecule has 0 heterocycles. The molecule has 0 amide bonds. The summed E-state index contributed by atoms with van der Waals surface area (Å²) < 4.78 is 68.7. The molecule has 0 aromatic heterocycles. The van der Waals surface area contributed by atoms with E-state index in [1.54, 1.807) is 0 Å². The summed E-state index contributed by atoms with van der Waals surface area (Å²) in [6, 6.07) is 0. The maximum absolute atomic E-state index is 13.1. The van der Waals surface area contributed by atoms with Crippen LogP contribution in [0.1, 0.15) is 407 Å². The van der Waals surface area contributed by atoms with Crippen LogP contribution in [0.25, 0.3) is 0 Å². The molecular formula is C81H154O17P2. The first-order chi connectivity index (χ1) is 48.5. The monoisotopic (exact) mass is 1460 g/mol. The van der Waals surface area contributed by atoms with Gasteiger partial charge in [-0.1, -0.05) is 354 Å². The van der Waals surface area contributed by atoms with Crippen molar-refractivity contribution in [3.05, 3.63) is 24.3 Å². The zero-order valence-electron chi connectivity index (χ0n) is 64.8. The van der Waals surface area contributed by atoms with Gasteiger partial charge >= 0.3 is 39.5 Å². The summed E-state index contributed by atoms with van der Waals surface area (Å²) in [7, 11) is -9.93. The Morgan fingerprint density at radius 3 is 0.820 bits per heavy atom. The highest BCUT2D eigenvalue weighted by Crippen LogP contribution is 2.45. The lowest BCUT2D eigenvalue weighted by molar-refractivity contribution is -0.161. The average Bonchev–Trinajstić information content (AvgIpc) is 0.936. The number of unbranched alkanes of at least 4 members (excludes halogenated alkanes) is 48. The number of allylic oxidation sites excluding steroid dienone is 4. The van der Waals surface area contributed by atoms with Crippen molar-refractivity contribution in [1.82, 2.24) is 0 Å².